The van der Waals surface area contributed by atoms with Crippen molar-refractivity contribution in [3.05, 3.63) is 0 Å². The number of piperidine rings is 2. The fourth-order valence-corrected chi connectivity index (χ4v) is 2.53. The lowest BCUT2D eigenvalue weighted by Gasteiger charge is -2.37. The lowest BCUT2D eigenvalue weighted by atomic mass is 9.94. The Labute approximate surface area is 97.0 Å². The Morgan fingerprint density at radius 2 is 2.19 bits per heavy atom. The van der Waals surface area contributed by atoms with E-state index in [-0.39, 0.29) is 18.1 Å². The highest BCUT2D eigenvalue weighted by atomic mass is 16.3. The third-order valence-electron chi connectivity index (χ3n) is 3.84. The maximum atomic E-state index is 12.2. The van der Waals surface area contributed by atoms with Crippen LogP contribution < -0.4 is 5.32 Å². The number of aliphatic hydroxyl groups excluding tert-OH is 1. The van der Waals surface area contributed by atoms with E-state index in [0.29, 0.717) is 12.5 Å². The molecule has 2 rings (SSSR count). The number of carbonyl (C=O) groups is 1. The summed E-state index contributed by atoms with van der Waals surface area (Å²) in [5.74, 6) is 0.508. The maximum absolute atomic E-state index is 12.2. The summed E-state index contributed by atoms with van der Waals surface area (Å²) in [6.45, 7) is 4.31. The second-order valence-electron chi connectivity index (χ2n) is 5.12. The molecule has 4 nitrogen and oxygen atoms in total. The van der Waals surface area contributed by atoms with Gasteiger partial charge >= 0.3 is 0 Å². The second kappa shape index (κ2) is 5.15. The van der Waals surface area contributed by atoms with Gasteiger partial charge in [0, 0.05) is 13.1 Å². The third-order valence-corrected chi connectivity index (χ3v) is 3.84. The topological polar surface area (TPSA) is 52.6 Å². The summed E-state index contributed by atoms with van der Waals surface area (Å²) in [6.07, 6.45) is 3.82. The van der Waals surface area contributed by atoms with Crippen molar-refractivity contribution in [1.82, 2.24) is 10.2 Å². The first-order valence-corrected chi connectivity index (χ1v) is 6.38. The van der Waals surface area contributed by atoms with E-state index in [1.807, 2.05) is 11.8 Å². The number of rotatable bonds is 1. The van der Waals surface area contributed by atoms with Crippen LogP contribution in [0.15, 0.2) is 0 Å². The van der Waals surface area contributed by atoms with Crippen LogP contribution in [-0.2, 0) is 4.79 Å². The zero-order valence-electron chi connectivity index (χ0n) is 9.98. The number of hydrogen-bond acceptors (Lipinski definition) is 3. The standard InChI is InChI=1S/C12H22N2O2/c1-9-5-7-14(8-11(9)15)12(16)10-4-2-3-6-13-10/h9-11,13,15H,2-8H2,1H3/t9?,10-,11?/m0/s1. The molecule has 16 heavy (non-hydrogen) atoms. The molecule has 2 aliphatic heterocycles. The number of hydrogen-bond donors (Lipinski definition) is 2. The van der Waals surface area contributed by atoms with Gasteiger partial charge in [0.05, 0.1) is 12.1 Å². The highest BCUT2D eigenvalue weighted by molar-refractivity contribution is 5.82. The molecular weight excluding hydrogens is 204 g/mol. The van der Waals surface area contributed by atoms with Crippen LogP contribution in [0.3, 0.4) is 0 Å². The molecule has 3 atom stereocenters. The molecule has 4 heteroatoms. The van der Waals surface area contributed by atoms with Crippen molar-refractivity contribution < 1.29 is 9.90 Å². The summed E-state index contributed by atoms with van der Waals surface area (Å²) in [4.78, 5) is 14.0. The first-order chi connectivity index (χ1) is 7.68. The molecule has 0 aromatic carbocycles. The van der Waals surface area contributed by atoms with E-state index >= 15 is 0 Å². The molecule has 2 N–H and O–H groups in total. The van der Waals surface area contributed by atoms with Crippen molar-refractivity contribution in [1.29, 1.82) is 0 Å². The molecule has 0 radical (unpaired) electrons. The monoisotopic (exact) mass is 226 g/mol. The van der Waals surface area contributed by atoms with E-state index in [9.17, 15) is 9.90 Å². The summed E-state index contributed by atoms with van der Waals surface area (Å²) >= 11 is 0. The van der Waals surface area contributed by atoms with E-state index in [2.05, 4.69) is 5.32 Å². The highest BCUT2D eigenvalue weighted by Crippen LogP contribution is 2.19. The molecule has 2 fully saturated rings. The largest absolute Gasteiger partial charge is 0.391 e. The summed E-state index contributed by atoms with van der Waals surface area (Å²) in [7, 11) is 0. The van der Waals surface area contributed by atoms with Crippen LogP contribution in [0.1, 0.15) is 32.6 Å². The van der Waals surface area contributed by atoms with Gasteiger partial charge in [-0.3, -0.25) is 4.79 Å². The zero-order valence-corrected chi connectivity index (χ0v) is 9.98. The molecule has 1 amide bonds. The summed E-state index contributed by atoms with van der Waals surface area (Å²) in [5, 5.41) is 13.1. The minimum absolute atomic E-state index is 0.00523. The fraction of sp³-hybridized carbons (Fsp3) is 0.917. The minimum Gasteiger partial charge on any atom is -0.391 e. The fourth-order valence-electron chi connectivity index (χ4n) is 2.53. The van der Waals surface area contributed by atoms with Crippen molar-refractivity contribution >= 4 is 5.91 Å². The van der Waals surface area contributed by atoms with Gasteiger partial charge in [0.2, 0.25) is 5.91 Å². The predicted molar refractivity (Wildman–Crippen MR) is 62.0 cm³/mol. The van der Waals surface area contributed by atoms with Gasteiger partial charge in [-0.05, 0) is 31.7 Å². The van der Waals surface area contributed by atoms with Gasteiger partial charge in [0.15, 0.2) is 0 Å². The van der Waals surface area contributed by atoms with Crippen LogP contribution in [-0.4, -0.2) is 47.7 Å². The zero-order chi connectivity index (χ0) is 11.5. The molecule has 2 unspecified atom stereocenters. The Hall–Kier alpha value is -0.610. The number of carbonyl (C=O) groups excluding carboxylic acids is 1. The third kappa shape index (κ3) is 2.55. The molecular formula is C12H22N2O2. The lowest BCUT2D eigenvalue weighted by Crippen LogP contribution is -2.53. The average Bonchev–Trinajstić information content (AvgIpc) is 2.33. The SMILES string of the molecule is CC1CCN(C(=O)[C@@H]2CCCCN2)CC1O. The smallest absolute Gasteiger partial charge is 0.239 e. The molecule has 2 heterocycles. The number of likely N-dealkylation sites (tertiary alicyclic amines) is 1. The lowest BCUT2D eigenvalue weighted by molar-refractivity contribution is -0.138. The summed E-state index contributed by atoms with van der Waals surface area (Å²) in [6, 6.07) is -0.00523. The van der Waals surface area contributed by atoms with Crippen LogP contribution >= 0.6 is 0 Å². The number of nitrogens with zero attached hydrogens (tertiary/aromatic N) is 1. The van der Waals surface area contributed by atoms with Crippen molar-refractivity contribution in [3.63, 3.8) is 0 Å². The first-order valence-electron chi connectivity index (χ1n) is 6.38. The predicted octanol–water partition coefficient (Wildman–Crippen LogP) is 0.358. The first kappa shape index (κ1) is 11.9. The van der Waals surface area contributed by atoms with Crippen molar-refractivity contribution in [2.45, 2.75) is 44.8 Å². The van der Waals surface area contributed by atoms with Crippen LogP contribution in [0.25, 0.3) is 0 Å². The van der Waals surface area contributed by atoms with Gasteiger partial charge < -0.3 is 15.3 Å². The minimum atomic E-state index is -0.346. The van der Waals surface area contributed by atoms with Crippen LogP contribution in [0.2, 0.25) is 0 Å². The number of aliphatic hydroxyl groups is 1. The number of β-amino-alcohol motifs (C(OH)–C–C–N with tert-alkyl or cyclic N) is 1. The Balaban J connectivity index is 1.89. The van der Waals surface area contributed by atoms with Gasteiger partial charge in [0.1, 0.15) is 0 Å². The number of amides is 1. The Kier molecular flexibility index (Phi) is 3.82. The van der Waals surface area contributed by atoms with Crippen LogP contribution in [0, 0.1) is 5.92 Å². The maximum Gasteiger partial charge on any atom is 0.239 e. The quantitative estimate of drug-likeness (QED) is 0.678. The molecule has 0 bridgehead atoms. The van der Waals surface area contributed by atoms with E-state index in [0.717, 1.165) is 32.4 Å². The van der Waals surface area contributed by atoms with Crippen LogP contribution in [0.5, 0.6) is 0 Å². The molecule has 0 aliphatic carbocycles. The number of nitrogens with one attached hydrogen (secondary N) is 1. The van der Waals surface area contributed by atoms with E-state index in [1.165, 1.54) is 6.42 Å². The Bertz CT molecular complexity index is 251. The van der Waals surface area contributed by atoms with Gasteiger partial charge in [-0.15, -0.1) is 0 Å². The highest BCUT2D eigenvalue weighted by Gasteiger charge is 2.31. The molecule has 0 aromatic heterocycles. The van der Waals surface area contributed by atoms with E-state index < -0.39 is 0 Å². The molecule has 2 saturated heterocycles. The van der Waals surface area contributed by atoms with Gasteiger partial charge in [-0.2, -0.15) is 0 Å². The molecule has 92 valence electrons. The van der Waals surface area contributed by atoms with Gasteiger partial charge in [0.25, 0.3) is 0 Å². The summed E-state index contributed by atoms with van der Waals surface area (Å²) in [5.41, 5.74) is 0. The molecule has 0 saturated carbocycles. The average molecular weight is 226 g/mol. The molecule has 0 spiro atoms. The van der Waals surface area contributed by atoms with E-state index in [1.54, 1.807) is 0 Å². The Morgan fingerprint density at radius 1 is 1.38 bits per heavy atom. The Morgan fingerprint density at radius 3 is 2.81 bits per heavy atom. The summed E-state index contributed by atoms with van der Waals surface area (Å²) < 4.78 is 0. The second-order valence-corrected chi connectivity index (χ2v) is 5.12. The van der Waals surface area contributed by atoms with Crippen molar-refractivity contribution in [3.8, 4) is 0 Å². The van der Waals surface area contributed by atoms with Gasteiger partial charge in [-0.1, -0.05) is 13.3 Å². The molecule has 2 aliphatic rings. The van der Waals surface area contributed by atoms with Crippen LogP contribution in [0.4, 0.5) is 0 Å². The van der Waals surface area contributed by atoms with Gasteiger partial charge in [-0.25, -0.2) is 0 Å². The normalized spacial score (nSPS) is 36.1. The van der Waals surface area contributed by atoms with Crippen molar-refractivity contribution in [2.24, 2.45) is 5.92 Å². The van der Waals surface area contributed by atoms with Crippen molar-refractivity contribution in [2.75, 3.05) is 19.6 Å². The van der Waals surface area contributed by atoms with E-state index in [4.69, 9.17) is 0 Å². The molecule has 0 aromatic rings.